The molecule has 3 rings (SSSR count). The molecule has 1 aliphatic rings. The summed E-state index contributed by atoms with van der Waals surface area (Å²) in [7, 11) is 0. The Kier molecular flexibility index (Phi) is 5.03. The molecule has 1 heterocycles. The summed E-state index contributed by atoms with van der Waals surface area (Å²) in [6.45, 7) is 5.33. The highest BCUT2D eigenvalue weighted by Crippen LogP contribution is 2.18. The Hall–Kier alpha value is -2.82. The number of amides is 3. The summed E-state index contributed by atoms with van der Waals surface area (Å²) in [6.07, 6.45) is 0.784. The van der Waals surface area contributed by atoms with Crippen LogP contribution in [0.5, 0.6) is 0 Å². The molecule has 0 saturated carbocycles. The number of nitrogens with one attached hydrogen (secondary N) is 2. The van der Waals surface area contributed by atoms with E-state index in [1.54, 1.807) is 17.0 Å². The van der Waals surface area contributed by atoms with E-state index in [0.717, 1.165) is 12.1 Å². The maximum Gasteiger partial charge on any atom is 0.321 e. The number of anilines is 1. The van der Waals surface area contributed by atoms with Gasteiger partial charge in [-0.3, -0.25) is 9.69 Å². The van der Waals surface area contributed by atoms with Gasteiger partial charge in [0.15, 0.2) is 0 Å². The largest absolute Gasteiger partial charge is 0.349 e. The second-order valence-corrected chi connectivity index (χ2v) is 6.44. The molecule has 2 N–H and O–H groups in total. The molecule has 25 heavy (non-hydrogen) atoms. The van der Waals surface area contributed by atoms with Crippen LogP contribution in [0, 0.1) is 6.92 Å². The third-order valence-electron chi connectivity index (χ3n) is 4.44. The highest BCUT2D eigenvalue weighted by molar-refractivity contribution is 5.98. The first kappa shape index (κ1) is 17.0. The van der Waals surface area contributed by atoms with Crippen molar-refractivity contribution < 1.29 is 9.59 Å². The molecule has 0 spiro atoms. The van der Waals surface area contributed by atoms with Crippen molar-refractivity contribution >= 4 is 17.6 Å². The Morgan fingerprint density at radius 2 is 2.04 bits per heavy atom. The topological polar surface area (TPSA) is 61.4 Å². The van der Waals surface area contributed by atoms with Gasteiger partial charge in [-0.1, -0.05) is 30.3 Å². The average molecular weight is 337 g/mol. The van der Waals surface area contributed by atoms with Crippen LogP contribution >= 0.6 is 0 Å². The number of nitrogens with zero attached hydrogens (tertiary/aromatic N) is 1. The van der Waals surface area contributed by atoms with E-state index >= 15 is 0 Å². The van der Waals surface area contributed by atoms with Gasteiger partial charge in [0, 0.05) is 30.4 Å². The minimum Gasteiger partial charge on any atom is -0.349 e. The van der Waals surface area contributed by atoms with Crippen LogP contribution in [0.15, 0.2) is 48.5 Å². The number of carbonyl (C=O) groups excluding carboxylic acids is 2. The van der Waals surface area contributed by atoms with Gasteiger partial charge in [-0.15, -0.1) is 0 Å². The van der Waals surface area contributed by atoms with E-state index in [1.807, 2.05) is 31.2 Å². The third kappa shape index (κ3) is 3.99. The second kappa shape index (κ2) is 7.38. The van der Waals surface area contributed by atoms with Crippen molar-refractivity contribution in [1.82, 2.24) is 10.6 Å². The molecule has 1 fully saturated rings. The Morgan fingerprint density at radius 3 is 2.76 bits per heavy atom. The number of carbonyl (C=O) groups is 2. The van der Waals surface area contributed by atoms with E-state index in [9.17, 15) is 9.59 Å². The quantitative estimate of drug-likeness (QED) is 0.881. The van der Waals surface area contributed by atoms with E-state index in [-0.39, 0.29) is 18.0 Å². The molecule has 3 amide bonds. The molecule has 0 bridgehead atoms. The maximum atomic E-state index is 12.5. The second-order valence-electron chi connectivity index (χ2n) is 6.44. The SMILES string of the molecule is Cc1ccccc1CC(C)NC(=O)c1cccc(N2CCNC2=O)c1. The van der Waals surface area contributed by atoms with Gasteiger partial charge in [0.2, 0.25) is 0 Å². The van der Waals surface area contributed by atoms with Gasteiger partial charge in [0.25, 0.3) is 5.91 Å². The predicted molar refractivity (Wildman–Crippen MR) is 99.0 cm³/mol. The zero-order chi connectivity index (χ0) is 17.8. The minimum absolute atomic E-state index is 0.0207. The van der Waals surface area contributed by atoms with E-state index in [1.165, 1.54) is 11.1 Å². The molecule has 0 radical (unpaired) electrons. The van der Waals surface area contributed by atoms with Crippen molar-refractivity contribution in [1.29, 1.82) is 0 Å². The molecule has 0 aromatic heterocycles. The van der Waals surface area contributed by atoms with E-state index in [2.05, 4.69) is 29.7 Å². The summed E-state index contributed by atoms with van der Waals surface area (Å²) in [6, 6.07) is 15.3. The number of benzene rings is 2. The van der Waals surface area contributed by atoms with E-state index < -0.39 is 0 Å². The maximum absolute atomic E-state index is 12.5. The van der Waals surface area contributed by atoms with Gasteiger partial charge in [-0.2, -0.15) is 0 Å². The minimum atomic E-state index is -0.123. The Balaban J connectivity index is 1.67. The summed E-state index contributed by atoms with van der Waals surface area (Å²) in [5, 5.41) is 5.81. The van der Waals surface area contributed by atoms with Gasteiger partial charge in [-0.25, -0.2) is 4.79 Å². The van der Waals surface area contributed by atoms with Crippen LogP contribution in [-0.4, -0.2) is 31.1 Å². The highest BCUT2D eigenvalue weighted by atomic mass is 16.2. The molecule has 0 aliphatic carbocycles. The number of hydrogen-bond acceptors (Lipinski definition) is 2. The van der Waals surface area contributed by atoms with Crippen molar-refractivity contribution in [2.24, 2.45) is 0 Å². The van der Waals surface area contributed by atoms with Crippen molar-refractivity contribution in [2.45, 2.75) is 26.3 Å². The average Bonchev–Trinajstić information content (AvgIpc) is 3.03. The summed E-state index contributed by atoms with van der Waals surface area (Å²) in [5.74, 6) is -0.123. The number of rotatable bonds is 5. The molecule has 2 aromatic carbocycles. The normalized spacial score (nSPS) is 15.0. The van der Waals surface area contributed by atoms with Crippen LogP contribution in [-0.2, 0) is 6.42 Å². The van der Waals surface area contributed by atoms with Crippen LogP contribution in [0.4, 0.5) is 10.5 Å². The molecule has 2 aromatic rings. The molecule has 5 heteroatoms. The first-order chi connectivity index (χ1) is 12.0. The van der Waals surface area contributed by atoms with Gasteiger partial charge < -0.3 is 10.6 Å². The molecule has 1 aliphatic heterocycles. The smallest absolute Gasteiger partial charge is 0.321 e. The summed E-state index contributed by atoms with van der Waals surface area (Å²) in [5.41, 5.74) is 3.77. The monoisotopic (exact) mass is 337 g/mol. The van der Waals surface area contributed by atoms with Crippen LogP contribution in [0.3, 0.4) is 0 Å². The standard InChI is InChI=1S/C20H23N3O2/c1-14-6-3-4-7-16(14)12-15(2)22-19(24)17-8-5-9-18(13-17)23-11-10-21-20(23)25/h3-9,13,15H,10-12H2,1-2H3,(H,21,25)(H,22,24). The zero-order valence-electron chi connectivity index (χ0n) is 14.6. The Labute approximate surface area is 148 Å². The van der Waals surface area contributed by atoms with Crippen molar-refractivity contribution in [3.8, 4) is 0 Å². The fourth-order valence-electron chi connectivity index (χ4n) is 3.06. The lowest BCUT2D eigenvalue weighted by atomic mass is 10.0. The highest BCUT2D eigenvalue weighted by Gasteiger charge is 2.22. The number of hydrogen-bond donors (Lipinski definition) is 2. The third-order valence-corrected chi connectivity index (χ3v) is 4.44. The van der Waals surface area contributed by atoms with Crippen LogP contribution < -0.4 is 15.5 Å². The Morgan fingerprint density at radius 1 is 1.24 bits per heavy atom. The molecule has 1 unspecified atom stereocenters. The number of aryl methyl sites for hydroxylation is 1. The lowest BCUT2D eigenvalue weighted by Crippen LogP contribution is -2.34. The van der Waals surface area contributed by atoms with Crippen LogP contribution in [0.25, 0.3) is 0 Å². The summed E-state index contributed by atoms with van der Waals surface area (Å²) < 4.78 is 0. The molecule has 1 saturated heterocycles. The van der Waals surface area contributed by atoms with Gasteiger partial charge in [-0.05, 0) is 49.6 Å². The lowest BCUT2D eigenvalue weighted by Gasteiger charge is -2.17. The molecular formula is C20H23N3O2. The first-order valence-electron chi connectivity index (χ1n) is 8.55. The van der Waals surface area contributed by atoms with Gasteiger partial charge in [0.05, 0.1) is 0 Å². The molecule has 130 valence electrons. The summed E-state index contributed by atoms with van der Waals surface area (Å²) >= 11 is 0. The fourth-order valence-corrected chi connectivity index (χ4v) is 3.06. The summed E-state index contributed by atoms with van der Waals surface area (Å²) in [4.78, 5) is 26.0. The van der Waals surface area contributed by atoms with E-state index in [4.69, 9.17) is 0 Å². The van der Waals surface area contributed by atoms with Gasteiger partial charge >= 0.3 is 6.03 Å². The Bertz CT molecular complexity index is 788. The molecule has 5 nitrogen and oxygen atoms in total. The van der Waals surface area contributed by atoms with E-state index in [0.29, 0.717) is 18.7 Å². The first-order valence-corrected chi connectivity index (χ1v) is 8.55. The molecule has 1 atom stereocenters. The predicted octanol–water partition coefficient (Wildman–Crippen LogP) is 2.89. The zero-order valence-corrected chi connectivity index (χ0v) is 14.6. The number of urea groups is 1. The van der Waals surface area contributed by atoms with Crippen molar-refractivity contribution in [3.63, 3.8) is 0 Å². The van der Waals surface area contributed by atoms with Crippen LogP contribution in [0.2, 0.25) is 0 Å². The van der Waals surface area contributed by atoms with Gasteiger partial charge in [0.1, 0.15) is 0 Å². The fraction of sp³-hybridized carbons (Fsp3) is 0.300. The van der Waals surface area contributed by atoms with Crippen LogP contribution in [0.1, 0.15) is 28.4 Å². The van der Waals surface area contributed by atoms with Crippen molar-refractivity contribution in [3.05, 3.63) is 65.2 Å². The lowest BCUT2D eigenvalue weighted by molar-refractivity contribution is 0.0940. The molecular weight excluding hydrogens is 314 g/mol. The van der Waals surface area contributed by atoms with Crippen molar-refractivity contribution in [2.75, 3.05) is 18.0 Å².